The highest BCUT2D eigenvalue weighted by molar-refractivity contribution is 4.66. The number of hydrogen-bond acceptors (Lipinski definition) is 2. The summed E-state index contributed by atoms with van der Waals surface area (Å²) in [5.41, 5.74) is 0. The van der Waals surface area contributed by atoms with Gasteiger partial charge in [0.25, 0.3) is 0 Å². The molecule has 0 aliphatic heterocycles. The molecule has 2 unspecified atom stereocenters. The van der Waals surface area contributed by atoms with E-state index < -0.39 is 0 Å². The maximum absolute atomic E-state index is 8.96. The topological polar surface area (TPSA) is 32.3 Å². The molecule has 0 aromatic heterocycles. The Bertz CT molecular complexity index is 128. The van der Waals surface area contributed by atoms with E-state index in [9.17, 15) is 0 Å². The molecular formula is C13H29NO. The summed E-state index contributed by atoms with van der Waals surface area (Å²) in [5, 5.41) is 12.4. The Labute approximate surface area is 95.5 Å². The van der Waals surface area contributed by atoms with E-state index >= 15 is 0 Å². The number of nitrogens with one attached hydrogen (secondary N) is 1. The molecule has 0 aromatic rings. The molecule has 15 heavy (non-hydrogen) atoms. The number of hydrogen-bond donors (Lipinski definition) is 2. The van der Waals surface area contributed by atoms with Crippen LogP contribution in [-0.2, 0) is 0 Å². The maximum Gasteiger partial charge on any atom is 0.0471 e. The highest BCUT2D eigenvalue weighted by Crippen LogP contribution is 2.05. The summed E-state index contributed by atoms with van der Waals surface area (Å²) in [6.07, 6.45) is 8.08. The van der Waals surface area contributed by atoms with Crippen LogP contribution in [0, 0.1) is 5.92 Å². The molecule has 2 nitrogen and oxygen atoms in total. The van der Waals surface area contributed by atoms with Gasteiger partial charge in [-0.15, -0.1) is 0 Å². The lowest BCUT2D eigenvalue weighted by Crippen LogP contribution is -2.34. The van der Waals surface area contributed by atoms with Crippen LogP contribution in [0.3, 0.4) is 0 Å². The molecule has 0 amide bonds. The van der Waals surface area contributed by atoms with Gasteiger partial charge in [-0.1, -0.05) is 46.0 Å². The minimum Gasteiger partial charge on any atom is -0.396 e. The number of rotatable bonds is 10. The minimum atomic E-state index is 0.282. The van der Waals surface area contributed by atoms with Crippen molar-refractivity contribution in [3.05, 3.63) is 0 Å². The molecule has 0 saturated heterocycles. The Hall–Kier alpha value is -0.0800. The van der Waals surface area contributed by atoms with Crippen molar-refractivity contribution in [2.45, 2.75) is 65.3 Å². The summed E-state index contributed by atoms with van der Waals surface area (Å²) in [7, 11) is 0. The summed E-state index contributed by atoms with van der Waals surface area (Å²) in [6.45, 7) is 7.86. The number of aliphatic hydroxyl groups excluding tert-OH is 1. The summed E-state index contributed by atoms with van der Waals surface area (Å²) in [6, 6.07) is 0.436. The standard InChI is InChI=1S/C13H29NO/c1-4-5-6-7-8-9-10-14-13(3)12(2)11-15/h12-15H,4-11H2,1-3H3. The number of aliphatic hydroxyl groups is 1. The Morgan fingerprint density at radius 1 is 1.00 bits per heavy atom. The van der Waals surface area contributed by atoms with Crippen molar-refractivity contribution in [1.82, 2.24) is 5.32 Å². The van der Waals surface area contributed by atoms with Gasteiger partial charge in [-0.05, 0) is 25.8 Å². The molecule has 0 fully saturated rings. The average molecular weight is 215 g/mol. The Kier molecular flexibility index (Phi) is 10.4. The van der Waals surface area contributed by atoms with Gasteiger partial charge in [-0.3, -0.25) is 0 Å². The molecule has 2 N–H and O–H groups in total. The van der Waals surface area contributed by atoms with Crippen molar-refractivity contribution in [3.63, 3.8) is 0 Å². The molecule has 0 saturated carbocycles. The third-order valence-electron chi connectivity index (χ3n) is 3.14. The second-order valence-corrected chi connectivity index (χ2v) is 4.67. The lowest BCUT2D eigenvalue weighted by molar-refractivity contribution is 0.207. The summed E-state index contributed by atoms with van der Waals surface area (Å²) in [4.78, 5) is 0. The van der Waals surface area contributed by atoms with Crippen molar-refractivity contribution in [1.29, 1.82) is 0 Å². The lowest BCUT2D eigenvalue weighted by atomic mass is 10.0. The van der Waals surface area contributed by atoms with E-state index in [2.05, 4.69) is 26.1 Å². The molecule has 0 heterocycles. The highest BCUT2D eigenvalue weighted by atomic mass is 16.3. The van der Waals surface area contributed by atoms with E-state index in [1.165, 1.54) is 38.5 Å². The predicted molar refractivity (Wildman–Crippen MR) is 67.1 cm³/mol. The van der Waals surface area contributed by atoms with Crippen LogP contribution in [0.2, 0.25) is 0 Å². The SMILES string of the molecule is CCCCCCCCNC(C)C(C)CO. The Balaban J connectivity index is 3.16. The molecule has 92 valence electrons. The second-order valence-electron chi connectivity index (χ2n) is 4.67. The third kappa shape index (κ3) is 8.88. The van der Waals surface area contributed by atoms with Gasteiger partial charge in [0.05, 0.1) is 0 Å². The van der Waals surface area contributed by atoms with Crippen LogP contribution in [0.4, 0.5) is 0 Å². The first-order valence-corrected chi connectivity index (χ1v) is 6.56. The van der Waals surface area contributed by atoms with Gasteiger partial charge in [0.2, 0.25) is 0 Å². The zero-order valence-electron chi connectivity index (χ0n) is 10.8. The fourth-order valence-electron chi connectivity index (χ4n) is 1.59. The highest BCUT2D eigenvalue weighted by Gasteiger charge is 2.08. The van der Waals surface area contributed by atoms with Crippen molar-refractivity contribution < 1.29 is 5.11 Å². The van der Waals surface area contributed by atoms with Crippen LogP contribution >= 0.6 is 0 Å². The maximum atomic E-state index is 8.96. The second kappa shape index (κ2) is 10.4. The van der Waals surface area contributed by atoms with Gasteiger partial charge in [-0.2, -0.15) is 0 Å². The molecule has 0 aliphatic carbocycles. The summed E-state index contributed by atoms with van der Waals surface area (Å²) < 4.78 is 0. The molecule has 0 aliphatic rings. The molecular weight excluding hydrogens is 186 g/mol. The zero-order chi connectivity index (χ0) is 11.5. The fraction of sp³-hybridized carbons (Fsp3) is 1.00. The van der Waals surface area contributed by atoms with Crippen LogP contribution < -0.4 is 5.32 Å². The lowest BCUT2D eigenvalue weighted by Gasteiger charge is -2.19. The Morgan fingerprint density at radius 3 is 2.20 bits per heavy atom. The van der Waals surface area contributed by atoms with E-state index in [1.807, 2.05) is 0 Å². The van der Waals surface area contributed by atoms with Gasteiger partial charge in [-0.25, -0.2) is 0 Å². The molecule has 2 heteroatoms. The van der Waals surface area contributed by atoms with E-state index in [0.29, 0.717) is 12.0 Å². The fourth-order valence-corrected chi connectivity index (χ4v) is 1.59. The number of unbranched alkanes of at least 4 members (excludes halogenated alkanes) is 5. The van der Waals surface area contributed by atoms with Crippen LogP contribution in [0.5, 0.6) is 0 Å². The minimum absolute atomic E-state index is 0.282. The monoisotopic (exact) mass is 215 g/mol. The molecule has 0 rings (SSSR count). The third-order valence-corrected chi connectivity index (χ3v) is 3.14. The van der Waals surface area contributed by atoms with E-state index in [0.717, 1.165) is 6.54 Å². The Morgan fingerprint density at radius 2 is 1.60 bits per heavy atom. The van der Waals surface area contributed by atoms with E-state index in [-0.39, 0.29) is 6.61 Å². The van der Waals surface area contributed by atoms with Gasteiger partial charge in [0.1, 0.15) is 0 Å². The summed E-state index contributed by atoms with van der Waals surface area (Å²) in [5.74, 6) is 0.366. The molecule has 2 atom stereocenters. The van der Waals surface area contributed by atoms with Gasteiger partial charge < -0.3 is 10.4 Å². The van der Waals surface area contributed by atoms with Crippen LogP contribution in [0.25, 0.3) is 0 Å². The average Bonchev–Trinajstić information content (AvgIpc) is 2.26. The van der Waals surface area contributed by atoms with Crippen LogP contribution in [0.15, 0.2) is 0 Å². The van der Waals surface area contributed by atoms with Gasteiger partial charge in [0.15, 0.2) is 0 Å². The van der Waals surface area contributed by atoms with Crippen molar-refractivity contribution >= 4 is 0 Å². The predicted octanol–water partition coefficient (Wildman–Crippen LogP) is 2.95. The molecule has 0 bridgehead atoms. The van der Waals surface area contributed by atoms with Crippen LogP contribution in [0.1, 0.15) is 59.3 Å². The van der Waals surface area contributed by atoms with Gasteiger partial charge in [0, 0.05) is 12.6 Å². The van der Waals surface area contributed by atoms with E-state index in [4.69, 9.17) is 5.11 Å². The van der Waals surface area contributed by atoms with Crippen molar-refractivity contribution in [3.8, 4) is 0 Å². The summed E-state index contributed by atoms with van der Waals surface area (Å²) >= 11 is 0. The molecule has 0 radical (unpaired) electrons. The first-order chi connectivity index (χ1) is 7.22. The molecule has 0 spiro atoms. The first-order valence-electron chi connectivity index (χ1n) is 6.56. The van der Waals surface area contributed by atoms with Crippen molar-refractivity contribution in [2.75, 3.05) is 13.2 Å². The van der Waals surface area contributed by atoms with Crippen molar-refractivity contribution in [2.24, 2.45) is 5.92 Å². The quantitative estimate of drug-likeness (QED) is 0.549. The van der Waals surface area contributed by atoms with Crippen LogP contribution in [-0.4, -0.2) is 24.3 Å². The van der Waals surface area contributed by atoms with Gasteiger partial charge >= 0.3 is 0 Å². The molecule has 0 aromatic carbocycles. The largest absolute Gasteiger partial charge is 0.396 e. The zero-order valence-corrected chi connectivity index (χ0v) is 10.8. The first kappa shape index (κ1) is 14.9. The smallest absolute Gasteiger partial charge is 0.0471 e. The normalized spacial score (nSPS) is 15.2. The van der Waals surface area contributed by atoms with E-state index in [1.54, 1.807) is 0 Å².